The molecule has 2 rings (SSSR count). The standard InChI is InChI=1S/C13H10Br2N2O2/c14-10-3-1-2-9(6-10)8-16-11-4-5-13(17(18)19)12(15)7-11/h1-7,16H,8H2. The molecule has 1 N–H and O–H groups in total. The third-order valence-corrected chi connectivity index (χ3v) is 3.66. The molecule has 0 aliphatic rings. The molecule has 0 bridgehead atoms. The third-order valence-electron chi connectivity index (χ3n) is 2.53. The summed E-state index contributed by atoms with van der Waals surface area (Å²) >= 11 is 6.61. The molecule has 98 valence electrons. The van der Waals surface area contributed by atoms with Gasteiger partial charge < -0.3 is 5.32 Å². The molecule has 0 radical (unpaired) electrons. The van der Waals surface area contributed by atoms with Crippen molar-refractivity contribution in [2.24, 2.45) is 0 Å². The van der Waals surface area contributed by atoms with Crippen LogP contribution in [0.3, 0.4) is 0 Å². The van der Waals surface area contributed by atoms with E-state index >= 15 is 0 Å². The van der Waals surface area contributed by atoms with E-state index in [0.717, 1.165) is 15.7 Å². The van der Waals surface area contributed by atoms with Crippen LogP contribution in [0.25, 0.3) is 0 Å². The number of halogens is 2. The number of hydrogen-bond acceptors (Lipinski definition) is 3. The van der Waals surface area contributed by atoms with Gasteiger partial charge in [0, 0.05) is 22.8 Å². The number of benzene rings is 2. The summed E-state index contributed by atoms with van der Waals surface area (Å²) < 4.78 is 1.49. The Hall–Kier alpha value is -1.40. The molecule has 0 amide bonds. The van der Waals surface area contributed by atoms with Crippen LogP contribution in [-0.4, -0.2) is 4.92 Å². The molecule has 19 heavy (non-hydrogen) atoms. The highest BCUT2D eigenvalue weighted by molar-refractivity contribution is 9.10. The summed E-state index contributed by atoms with van der Waals surface area (Å²) in [4.78, 5) is 10.3. The lowest BCUT2D eigenvalue weighted by Gasteiger charge is -2.07. The van der Waals surface area contributed by atoms with Crippen molar-refractivity contribution in [2.75, 3.05) is 5.32 Å². The van der Waals surface area contributed by atoms with Crippen LogP contribution < -0.4 is 5.32 Å². The van der Waals surface area contributed by atoms with Crippen LogP contribution in [0, 0.1) is 10.1 Å². The van der Waals surface area contributed by atoms with Gasteiger partial charge in [-0.05, 0) is 45.8 Å². The molecule has 0 fully saturated rings. The average molecular weight is 386 g/mol. The first kappa shape index (κ1) is 14.0. The zero-order chi connectivity index (χ0) is 13.8. The largest absolute Gasteiger partial charge is 0.381 e. The maximum absolute atomic E-state index is 10.7. The van der Waals surface area contributed by atoms with E-state index in [9.17, 15) is 10.1 Å². The van der Waals surface area contributed by atoms with Gasteiger partial charge in [-0.2, -0.15) is 0 Å². The number of hydrogen-bond donors (Lipinski definition) is 1. The van der Waals surface area contributed by atoms with Gasteiger partial charge in [-0.25, -0.2) is 0 Å². The molecular formula is C13H10Br2N2O2. The fraction of sp³-hybridized carbons (Fsp3) is 0.0769. The minimum Gasteiger partial charge on any atom is -0.381 e. The molecule has 2 aromatic carbocycles. The lowest BCUT2D eigenvalue weighted by Crippen LogP contribution is -1.99. The summed E-state index contributed by atoms with van der Waals surface area (Å²) in [5.74, 6) is 0. The lowest BCUT2D eigenvalue weighted by molar-refractivity contribution is -0.385. The summed E-state index contributed by atoms with van der Waals surface area (Å²) in [5, 5.41) is 13.9. The van der Waals surface area contributed by atoms with E-state index in [1.165, 1.54) is 6.07 Å². The number of nitro groups is 1. The Morgan fingerprint density at radius 2 is 1.95 bits per heavy atom. The molecule has 2 aromatic rings. The van der Waals surface area contributed by atoms with Crippen LogP contribution in [0.15, 0.2) is 51.4 Å². The minimum atomic E-state index is -0.415. The van der Waals surface area contributed by atoms with Crippen molar-refractivity contribution < 1.29 is 4.92 Å². The van der Waals surface area contributed by atoms with Crippen LogP contribution in [0.5, 0.6) is 0 Å². The van der Waals surface area contributed by atoms with Crippen LogP contribution in [-0.2, 0) is 6.54 Å². The van der Waals surface area contributed by atoms with Gasteiger partial charge in [-0.15, -0.1) is 0 Å². The monoisotopic (exact) mass is 384 g/mol. The highest BCUT2D eigenvalue weighted by Crippen LogP contribution is 2.27. The van der Waals surface area contributed by atoms with E-state index in [0.29, 0.717) is 11.0 Å². The predicted molar refractivity (Wildman–Crippen MR) is 82.3 cm³/mol. The summed E-state index contributed by atoms with van der Waals surface area (Å²) in [6, 6.07) is 12.8. The van der Waals surface area contributed by atoms with Crippen molar-refractivity contribution in [1.29, 1.82) is 0 Å². The molecule has 0 atom stereocenters. The molecule has 4 nitrogen and oxygen atoms in total. The molecule has 0 aromatic heterocycles. The third kappa shape index (κ3) is 3.78. The SMILES string of the molecule is O=[N+]([O-])c1ccc(NCc2cccc(Br)c2)cc1Br. The fourth-order valence-corrected chi connectivity index (χ4v) is 2.59. The number of nitrogens with zero attached hydrogens (tertiary/aromatic N) is 1. The van der Waals surface area contributed by atoms with Crippen molar-refractivity contribution in [3.63, 3.8) is 0 Å². The molecule has 0 aliphatic heterocycles. The van der Waals surface area contributed by atoms with Crippen LogP contribution in [0.4, 0.5) is 11.4 Å². The second kappa shape index (κ2) is 6.16. The van der Waals surface area contributed by atoms with Gasteiger partial charge >= 0.3 is 0 Å². The zero-order valence-corrected chi connectivity index (χ0v) is 12.9. The molecule has 0 spiro atoms. The van der Waals surface area contributed by atoms with Crippen molar-refractivity contribution in [3.05, 3.63) is 67.1 Å². The summed E-state index contributed by atoms with van der Waals surface area (Å²) in [6.07, 6.45) is 0. The van der Waals surface area contributed by atoms with Crippen LogP contribution in [0.1, 0.15) is 5.56 Å². The number of nitrogens with one attached hydrogen (secondary N) is 1. The minimum absolute atomic E-state index is 0.0630. The molecule has 0 saturated carbocycles. The number of anilines is 1. The predicted octanol–water partition coefficient (Wildman–Crippen LogP) is 4.73. The second-order valence-corrected chi connectivity index (χ2v) is 5.68. The molecule has 0 saturated heterocycles. The van der Waals surface area contributed by atoms with Crippen LogP contribution >= 0.6 is 31.9 Å². The average Bonchev–Trinajstić information content (AvgIpc) is 2.36. The van der Waals surface area contributed by atoms with Gasteiger partial charge in [0.2, 0.25) is 0 Å². The summed E-state index contributed by atoms with van der Waals surface area (Å²) in [7, 11) is 0. The van der Waals surface area contributed by atoms with E-state index < -0.39 is 4.92 Å². The van der Waals surface area contributed by atoms with Gasteiger partial charge in [-0.1, -0.05) is 28.1 Å². The van der Waals surface area contributed by atoms with E-state index in [-0.39, 0.29) is 5.69 Å². The molecule has 0 unspecified atom stereocenters. The van der Waals surface area contributed by atoms with Crippen molar-refractivity contribution >= 4 is 43.2 Å². The molecule has 6 heteroatoms. The Morgan fingerprint density at radius 3 is 2.58 bits per heavy atom. The number of rotatable bonds is 4. The topological polar surface area (TPSA) is 55.2 Å². The Morgan fingerprint density at radius 1 is 1.16 bits per heavy atom. The van der Waals surface area contributed by atoms with Gasteiger partial charge in [0.25, 0.3) is 5.69 Å². The summed E-state index contributed by atoms with van der Waals surface area (Å²) in [5.41, 5.74) is 2.02. The lowest BCUT2D eigenvalue weighted by atomic mass is 10.2. The zero-order valence-electron chi connectivity index (χ0n) is 9.77. The number of nitro benzene ring substituents is 1. The molecule has 0 heterocycles. The van der Waals surface area contributed by atoms with E-state index in [2.05, 4.69) is 37.2 Å². The summed E-state index contributed by atoms with van der Waals surface area (Å²) in [6.45, 7) is 0.656. The fourth-order valence-electron chi connectivity index (χ4n) is 1.62. The first-order valence-corrected chi connectivity index (χ1v) is 7.07. The normalized spacial score (nSPS) is 10.2. The second-order valence-electron chi connectivity index (χ2n) is 3.91. The maximum atomic E-state index is 10.7. The van der Waals surface area contributed by atoms with Crippen LogP contribution in [0.2, 0.25) is 0 Å². The van der Waals surface area contributed by atoms with Gasteiger partial charge in [0.1, 0.15) is 0 Å². The highest BCUT2D eigenvalue weighted by Gasteiger charge is 2.11. The first-order chi connectivity index (χ1) is 9.06. The van der Waals surface area contributed by atoms with Crippen molar-refractivity contribution in [2.45, 2.75) is 6.54 Å². The first-order valence-electron chi connectivity index (χ1n) is 5.48. The van der Waals surface area contributed by atoms with Crippen molar-refractivity contribution in [3.8, 4) is 0 Å². The highest BCUT2D eigenvalue weighted by atomic mass is 79.9. The smallest absolute Gasteiger partial charge is 0.283 e. The molecular weight excluding hydrogens is 376 g/mol. The Kier molecular flexibility index (Phi) is 4.55. The maximum Gasteiger partial charge on any atom is 0.283 e. The Bertz CT molecular complexity index is 617. The van der Waals surface area contributed by atoms with E-state index in [1.54, 1.807) is 12.1 Å². The van der Waals surface area contributed by atoms with Gasteiger partial charge in [0.05, 0.1) is 9.40 Å². The van der Waals surface area contributed by atoms with E-state index in [1.807, 2.05) is 24.3 Å². The van der Waals surface area contributed by atoms with Gasteiger partial charge in [0.15, 0.2) is 0 Å². The Balaban J connectivity index is 2.08. The Labute approximate surface area is 127 Å². The van der Waals surface area contributed by atoms with E-state index in [4.69, 9.17) is 0 Å². The van der Waals surface area contributed by atoms with Gasteiger partial charge in [-0.3, -0.25) is 10.1 Å². The van der Waals surface area contributed by atoms with Crippen molar-refractivity contribution in [1.82, 2.24) is 0 Å². The molecule has 0 aliphatic carbocycles. The quantitative estimate of drug-likeness (QED) is 0.611.